The standard InChI is InChI=1S/C47H86O19P2/c1-3-5-7-8-9-10-11-12-13-14-15-16-17-18-24-28-41(52)64-35-32-62-40(51)27-23-20-19-22-26-36-38(49)31-39(50)37(30-29-34(48)25-21-6-4-2)43(54)46(65-67(57,58)59)47(45(56)44(55)42(36)53)66-68(60,61)63-33-35/h10-11,29-30,34-39,42-50,53-56H,3-9,12-28,31-33H2,1-2H3,(H,60,61)(H2,57,58,59)/b11-10-,30-29+/t34-,35+,36-,37-,38-,39+,42+,43+,44-,45+,46+,47-/m0/s1. The lowest BCUT2D eigenvalue weighted by Crippen LogP contribution is -2.56. The van der Waals surface area contributed by atoms with E-state index in [1.807, 2.05) is 6.92 Å². The number of phosphoric ester groups is 2. The zero-order valence-corrected chi connectivity index (χ0v) is 42.2. The predicted molar refractivity (Wildman–Crippen MR) is 252 cm³/mol. The van der Waals surface area contributed by atoms with Crippen LogP contribution in [0.2, 0.25) is 0 Å². The van der Waals surface area contributed by atoms with Crippen LogP contribution in [0.4, 0.5) is 0 Å². The minimum atomic E-state index is -5.76. The largest absolute Gasteiger partial charge is 0.472 e. The Bertz CT molecular complexity index is 1530. The number of phosphoric acid groups is 2. The van der Waals surface area contributed by atoms with Crippen molar-refractivity contribution < 1.29 is 92.2 Å². The van der Waals surface area contributed by atoms with Crippen LogP contribution >= 0.6 is 15.6 Å². The van der Waals surface area contributed by atoms with Gasteiger partial charge in [0.25, 0.3) is 0 Å². The number of hydrogen-bond acceptors (Lipinski definition) is 16. The normalized spacial score (nSPS) is 31.8. The second kappa shape index (κ2) is 34.7. The summed E-state index contributed by atoms with van der Waals surface area (Å²) >= 11 is 0. The van der Waals surface area contributed by atoms with E-state index in [0.717, 1.165) is 70.3 Å². The van der Waals surface area contributed by atoms with E-state index in [4.69, 9.17) is 23.0 Å². The number of hydrogen-bond donors (Lipinski definition) is 10. The molecule has 0 radical (unpaired) electrons. The smallest absolute Gasteiger partial charge is 0.462 e. The van der Waals surface area contributed by atoms with Gasteiger partial charge in [-0.3, -0.25) is 23.2 Å². The Hall–Kier alpha value is -1.64. The molecule has 1 saturated heterocycles. The fourth-order valence-electron chi connectivity index (χ4n) is 8.58. The Morgan fingerprint density at radius 3 is 2.03 bits per heavy atom. The van der Waals surface area contributed by atoms with Crippen molar-refractivity contribution in [1.29, 1.82) is 0 Å². The molecule has 1 saturated carbocycles. The second-order valence-corrected chi connectivity index (χ2v) is 21.1. The van der Waals surface area contributed by atoms with Crippen molar-refractivity contribution in [2.45, 2.75) is 235 Å². The highest BCUT2D eigenvalue weighted by Gasteiger charge is 2.51. The number of unbranched alkanes of at least 4 members (excludes halogenated alkanes) is 13. The maximum atomic E-state index is 13.8. The molecule has 0 aromatic heterocycles. The Kier molecular flexibility index (Phi) is 31.9. The number of ether oxygens (including phenoxy) is 2. The summed E-state index contributed by atoms with van der Waals surface area (Å²) in [6, 6.07) is 0. The first-order valence-electron chi connectivity index (χ1n) is 25.1. The van der Waals surface area contributed by atoms with E-state index in [9.17, 15) is 69.1 Å². The number of cyclic esters (lactones) is 1. The van der Waals surface area contributed by atoms with Crippen LogP contribution in [0.15, 0.2) is 24.3 Å². The third kappa shape index (κ3) is 26.2. The molecule has 2 rings (SSSR count). The van der Waals surface area contributed by atoms with Crippen LogP contribution in [0.25, 0.3) is 0 Å². The number of carbonyl (C=O) groups is 2. The lowest BCUT2D eigenvalue weighted by molar-refractivity contribution is -0.165. The van der Waals surface area contributed by atoms with Gasteiger partial charge in [0.2, 0.25) is 0 Å². The minimum Gasteiger partial charge on any atom is -0.462 e. The van der Waals surface area contributed by atoms with Gasteiger partial charge < -0.3 is 59.9 Å². The van der Waals surface area contributed by atoms with Crippen molar-refractivity contribution >= 4 is 27.6 Å². The zero-order chi connectivity index (χ0) is 50.5. The third-order valence-corrected chi connectivity index (χ3v) is 14.1. The predicted octanol–water partition coefficient (Wildman–Crippen LogP) is 6.11. The Labute approximate surface area is 403 Å². The Morgan fingerprint density at radius 1 is 0.779 bits per heavy atom. The van der Waals surface area contributed by atoms with E-state index >= 15 is 0 Å². The van der Waals surface area contributed by atoms with Crippen LogP contribution in [0, 0.1) is 11.8 Å². The van der Waals surface area contributed by atoms with Crippen molar-refractivity contribution in [2.75, 3.05) is 13.2 Å². The van der Waals surface area contributed by atoms with Crippen molar-refractivity contribution in [3.8, 4) is 0 Å². The lowest BCUT2D eigenvalue weighted by Gasteiger charge is -2.39. The van der Waals surface area contributed by atoms with Gasteiger partial charge in [0.1, 0.15) is 31.0 Å². The van der Waals surface area contributed by atoms with Crippen molar-refractivity contribution in [3.05, 3.63) is 24.3 Å². The first kappa shape index (κ1) is 62.5. The van der Waals surface area contributed by atoms with Gasteiger partial charge in [0, 0.05) is 31.1 Å². The van der Waals surface area contributed by atoms with E-state index in [1.54, 1.807) is 0 Å². The molecule has 398 valence electrons. The molecule has 2 fully saturated rings. The molecular weight excluding hydrogens is 930 g/mol. The highest BCUT2D eigenvalue weighted by molar-refractivity contribution is 7.47. The van der Waals surface area contributed by atoms with Crippen LogP contribution < -0.4 is 0 Å². The Morgan fingerprint density at radius 2 is 1.38 bits per heavy atom. The number of aliphatic hydroxyl groups excluding tert-OH is 7. The summed E-state index contributed by atoms with van der Waals surface area (Å²) in [6.07, 6.45) is 3.04. The molecule has 68 heavy (non-hydrogen) atoms. The van der Waals surface area contributed by atoms with E-state index in [0.29, 0.717) is 38.5 Å². The van der Waals surface area contributed by atoms with Gasteiger partial charge in [-0.05, 0) is 51.4 Å². The van der Waals surface area contributed by atoms with Crippen LogP contribution in [0.5, 0.6) is 0 Å². The molecule has 10 N–H and O–H groups in total. The number of aliphatic hydroxyl groups is 7. The van der Waals surface area contributed by atoms with Gasteiger partial charge in [0.05, 0.1) is 37.1 Å². The van der Waals surface area contributed by atoms with Gasteiger partial charge in [-0.2, -0.15) is 0 Å². The number of rotatable bonds is 24. The van der Waals surface area contributed by atoms with Crippen molar-refractivity contribution in [3.63, 3.8) is 0 Å². The lowest BCUT2D eigenvalue weighted by atomic mass is 9.82. The molecule has 19 nitrogen and oxygen atoms in total. The number of carbonyl (C=O) groups excluding carboxylic acids is 2. The van der Waals surface area contributed by atoms with Gasteiger partial charge in [-0.15, -0.1) is 0 Å². The second-order valence-electron chi connectivity index (χ2n) is 18.5. The van der Waals surface area contributed by atoms with Gasteiger partial charge >= 0.3 is 27.6 Å². The van der Waals surface area contributed by atoms with Gasteiger partial charge in [0.15, 0.2) is 6.10 Å². The van der Waals surface area contributed by atoms with E-state index < -0.39 is 120 Å². The molecule has 21 heteroatoms. The van der Waals surface area contributed by atoms with Crippen LogP contribution in [0.1, 0.15) is 174 Å². The number of esters is 2. The first-order chi connectivity index (χ1) is 32.3. The molecular formula is C47H86O19P2. The van der Waals surface area contributed by atoms with Crippen molar-refractivity contribution in [2.24, 2.45) is 11.8 Å². The van der Waals surface area contributed by atoms with Gasteiger partial charge in [-0.25, -0.2) is 9.13 Å². The zero-order valence-electron chi connectivity index (χ0n) is 40.4. The molecule has 2 aliphatic rings. The summed E-state index contributed by atoms with van der Waals surface area (Å²) in [5.41, 5.74) is 0. The summed E-state index contributed by atoms with van der Waals surface area (Å²) in [5, 5.41) is 79.9. The van der Waals surface area contributed by atoms with Crippen LogP contribution in [-0.4, -0.2) is 137 Å². The molecule has 0 spiro atoms. The number of allylic oxidation sites excluding steroid dienone is 2. The molecule has 1 unspecified atom stereocenters. The average molecular weight is 1020 g/mol. The summed E-state index contributed by atoms with van der Waals surface area (Å²) in [6.45, 7) is 2.59. The summed E-state index contributed by atoms with van der Waals surface area (Å²) < 4.78 is 52.3. The molecule has 0 amide bonds. The summed E-state index contributed by atoms with van der Waals surface area (Å²) in [7, 11) is -11.4. The summed E-state index contributed by atoms with van der Waals surface area (Å²) in [4.78, 5) is 56.8. The maximum absolute atomic E-state index is 13.8. The van der Waals surface area contributed by atoms with E-state index in [-0.39, 0.29) is 25.7 Å². The quantitative estimate of drug-likeness (QED) is 0.0226. The average Bonchev–Trinajstić information content (AvgIpc) is 3.28. The Balaban J connectivity index is 2.34. The fourth-order valence-corrected chi connectivity index (χ4v) is 10.1. The number of fused-ring (bicyclic) bond motifs is 4. The molecule has 2 bridgehead atoms. The molecule has 0 aromatic rings. The molecule has 1 heterocycles. The van der Waals surface area contributed by atoms with E-state index in [2.05, 4.69) is 19.1 Å². The van der Waals surface area contributed by atoms with Crippen LogP contribution in [-0.2, 0) is 41.8 Å². The SMILES string of the molecule is CCCCCC/C=C\CCCCCCCCCC(=O)O[C@@H]1COC(=O)CCCCCC[C@@H]2[C@@H](O)[C@H](O)[C@@H](O)[C@H](OP(=O)(O)OC1)[C@H](OP(=O)(O)O)[C@H](O)[C@@H](/C=C/[C@@H](O)CCCCC)[C@H](O)C[C@@H]2O. The van der Waals surface area contributed by atoms with Gasteiger partial charge in [-0.1, -0.05) is 128 Å². The molecule has 13 atom stereocenters. The maximum Gasteiger partial charge on any atom is 0.472 e. The highest BCUT2D eigenvalue weighted by atomic mass is 31.2. The molecule has 1 aliphatic carbocycles. The molecule has 1 aliphatic heterocycles. The fraction of sp³-hybridized carbons (Fsp3) is 0.872. The summed E-state index contributed by atoms with van der Waals surface area (Å²) in [5.74, 6) is -4.38. The monoisotopic (exact) mass is 1020 g/mol. The highest BCUT2D eigenvalue weighted by Crippen LogP contribution is 2.50. The topological polar surface area (TPSA) is 317 Å². The molecule has 0 aromatic carbocycles. The van der Waals surface area contributed by atoms with Crippen LogP contribution in [0.3, 0.4) is 0 Å². The van der Waals surface area contributed by atoms with Crippen molar-refractivity contribution in [1.82, 2.24) is 0 Å². The minimum absolute atomic E-state index is 0.0253. The first-order valence-corrected chi connectivity index (χ1v) is 28.2. The van der Waals surface area contributed by atoms with E-state index in [1.165, 1.54) is 31.8 Å². The third-order valence-electron chi connectivity index (χ3n) is 12.6.